The molecule has 0 amide bonds. The van der Waals surface area contributed by atoms with Gasteiger partial charge in [-0.25, -0.2) is 0 Å². The summed E-state index contributed by atoms with van der Waals surface area (Å²) in [6.07, 6.45) is 0. The van der Waals surface area contributed by atoms with Crippen LogP contribution in [0.4, 0.5) is 5.69 Å². The molecule has 0 bridgehead atoms. The first-order chi connectivity index (χ1) is 6.80. The summed E-state index contributed by atoms with van der Waals surface area (Å²) >= 11 is 11.6. The van der Waals surface area contributed by atoms with E-state index in [1.54, 1.807) is 6.07 Å². The first kappa shape index (κ1) is 12.5. The molecule has 0 aliphatic rings. The summed E-state index contributed by atoms with van der Waals surface area (Å²) in [6.45, 7) is 8.53. The van der Waals surface area contributed by atoms with E-state index in [0.29, 0.717) is 10.3 Å². The third-order valence-corrected chi connectivity index (χ3v) is 2.85. The molecule has 3 nitrogen and oxygen atoms in total. The van der Waals surface area contributed by atoms with Crippen LogP contribution in [-0.2, 0) is 0 Å². The Hall–Kier alpha value is -0.540. The summed E-state index contributed by atoms with van der Waals surface area (Å²) < 4.78 is 0. The minimum Gasteiger partial charge on any atom is -0.379 e. The van der Waals surface area contributed by atoms with Crippen LogP contribution in [0, 0.1) is 5.41 Å². The second kappa shape index (κ2) is 4.54. The van der Waals surface area contributed by atoms with Crippen LogP contribution < -0.4 is 5.32 Å². The van der Waals surface area contributed by atoms with Crippen molar-refractivity contribution in [3.05, 3.63) is 16.4 Å². The second-order valence-electron chi connectivity index (χ2n) is 4.60. The normalized spacial score (nSPS) is 13.7. The largest absolute Gasteiger partial charge is 0.379 e. The molecule has 0 spiro atoms. The van der Waals surface area contributed by atoms with Gasteiger partial charge in [-0.15, -0.1) is 10.2 Å². The molecule has 1 unspecified atom stereocenters. The van der Waals surface area contributed by atoms with Gasteiger partial charge in [0, 0.05) is 12.1 Å². The maximum Gasteiger partial charge on any atom is 0.174 e. The number of nitrogens with one attached hydrogen (secondary N) is 1. The lowest BCUT2D eigenvalue weighted by molar-refractivity contribution is 0.359. The molecule has 0 fully saturated rings. The van der Waals surface area contributed by atoms with Gasteiger partial charge in [0.05, 0.1) is 5.69 Å². The van der Waals surface area contributed by atoms with Gasteiger partial charge in [0.1, 0.15) is 0 Å². The van der Waals surface area contributed by atoms with Crippen molar-refractivity contribution in [2.45, 2.75) is 33.7 Å². The zero-order valence-corrected chi connectivity index (χ0v) is 10.8. The zero-order chi connectivity index (χ0) is 11.6. The SMILES string of the molecule is CC(Nc1cc(Cl)nnc1Cl)C(C)(C)C. The molecule has 0 saturated heterocycles. The molecule has 1 aromatic heterocycles. The molecule has 0 radical (unpaired) electrons. The van der Waals surface area contributed by atoms with E-state index < -0.39 is 0 Å². The number of nitrogens with zero attached hydrogens (tertiary/aromatic N) is 2. The number of anilines is 1. The molecule has 1 N–H and O–H groups in total. The quantitative estimate of drug-likeness (QED) is 0.868. The highest BCUT2D eigenvalue weighted by molar-refractivity contribution is 6.33. The average Bonchev–Trinajstić information content (AvgIpc) is 2.09. The van der Waals surface area contributed by atoms with Crippen molar-refractivity contribution in [2.24, 2.45) is 5.41 Å². The number of rotatable bonds is 2. The molecular weight excluding hydrogens is 233 g/mol. The van der Waals surface area contributed by atoms with E-state index >= 15 is 0 Å². The summed E-state index contributed by atoms with van der Waals surface area (Å²) in [4.78, 5) is 0. The molecule has 15 heavy (non-hydrogen) atoms. The lowest BCUT2D eigenvalue weighted by Crippen LogP contribution is -2.31. The number of halogens is 2. The highest BCUT2D eigenvalue weighted by atomic mass is 35.5. The van der Waals surface area contributed by atoms with E-state index in [0.717, 1.165) is 5.69 Å². The zero-order valence-electron chi connectivity index (χ0n) is 9.31. The van der Waals surface area contributed by atoms with Gasteiger partial charge >= 0.3 is 0 Å². The maximum absolute atomic E-state index is 5.90. The minimum absolute atomic E-state index is 0.138. The van der Waals surface area contributed by atoms with Crippen molar-refractivity contribution in [1.82, 2.24) is 10.2 Å². The van der Waals surface area contributed by atoms with Crippen molar-refractivity contribution >= 4 is 28.9 Å². The summed E-state index contributed by atoms with van der Waals surface area (Å²) in [7, 11) is 0. The Morgan fingerprint density at radius 1 is 1.27 bits per heavy atom. The lowest BCUT2D eigenvalue weighted by Gasteiger charge is -2.29. The molecule has 1 atom stereocenters. The Morgan fingerprint density at radius 3 is 2.40 bits per heavy atom. The van der Waals surface area contributed by atoms with Crippen molar-refractivity contribution in [3.63, 3.8) is 0 Å². The van der Waals surface area contributed by atoms with Crippen molar-refractivity contribution < 1.29 is 0 Å². The summed E-state index contributed by atoms with van der Waals surface area (Å²) in [5.41, 5.74) is 0.859. The average molecular weight is 248 g/mol. The van der Waals surface area contributed by atoms with Crippen molar-refractivity contribution in [2.75, 3.05) is 5.32 Å². The lowest BCUT2D eigenvalue weighted by atomic mass is 9.88. The topological polar surface area (TPSA) is 37.8 Å². The number of aromatic nitrogens is 2. The molecule has 0 aromatic carbocycles. The van der Waals surface area contributed by atoms with Gasteiger partial charge in [0.25, 0.3) is 0 Å². The molecule has 0 saturated carbocycles. The van der Waals surface area contributed by atoms with E-state index in [1.165, 1.54) is 0 Å². The minimum atomic E-state index is 0.138. The fourth-order valence-corrected chi connectivity index (χ4v) is 1.20. The van der Waals surface area contributed by atoms with Crippen LogP contribution in [0.1, 0.15) is 27.7 Å². The van der Waals surface area contributed by atoms with E-state index in [9.17, 15) is 0 Å². The Morgan fingerprint density at radius 2 is 1.87 bits per heavy atom. The Bertz CT molecular complexity index is 347. The molecule has 0 aliphatic heterocycles. The Balaban J connectivity index is 2.85. The Labute approximate surface area is 100 Å². The fourth-order valence-electron chi connectivity index (χ4n) is 0.904. The predicted octanol–water partition coefficient (Wildman–Crippen LogP) is 3.63. The molecule has 84 valence electrons. The fraction of sp³-hybridized carbons (Fsp3) is 0.600. The summed E-state index contributed by atoms with van der Waals surface area (Å²) in [5.74, 6) is 0. The van der Waals surface area contributed by atoms with Gasteiger partial charge in [-0.3, -0.25) is 0 Å². The molecule has 5 heteroatoms. The van der Waals surface area contributed by atoms with Crippen LogP contribution in [-0.4, -0.2) is 16.2 Å². The molecule has 0 aliphatic carbocycles. The first-order valence-corrected chi connectivity index (χ1v) is 5.51. The maximum atomic E-state index is 5.90. The van der Waals surface area contributed by atoms with Crippen molar-refractivity contribution in [3.8, 4) is 0 Å². The highest BCUT2D eigenvalue weighted by Gasteiger charge is 2.20. The van der Waals surface area contributed by atoms with Gasteiger partial charge in [-0.2, -0.15) is 0 Å². The Kier molecular flexibility index (Phi) is 3.79. The molecule has 1 heterocycles. The van der Waals surface area contributed by atoms with Gasteiger partial charge in [0.15, 0.2) is 10.3 Å². The van der Waals surface area contributed by atoms with Crippen LogP contribution in [0.25, 0.3) is 0 Å². The van der Waals surface area contributed by atoms with Crippen LogP contribution >= 0.6 is 23.2 Å². The van der Waals surface area contributed by atoms with Crippen LogP contribution in [0.3, 0.4) is 0 Å². The molecule has 1 rings (SSSR count). The van der Waals surface area contributed by atoms with E-state index in [2.05, 4.69) is 43.2 Å². The van der Waals surface area contributed by atoms with Gasteiger partial charge < -0.3 is 5.32 Å². The van der Waals surface area contributed by atoms with Gasteiger partial charge in [0.2, 0.25) is 0 Å². The number of hydrogen-bond acceptors (Lipinski definition) is 3. The summed E-state index contributed by atoms with van der Waals surface area (Å²) in [5, 5.41) is 11.3. The molecule has 1 aromatic rings. The standard InChI is InChI=1S/C10H15Cl2N3/c1-6(10(2,3)4)13-7-5-8(11)14-15-9(7)12/h5-6H,1-4H3,(H,13,14). The summed E-state index contributed by atoms with van der Waals surface area (Å²) in [6, 6.07) is 1.94. The third-order valence-electron chi connectivity index (χ3n) is 2.39. The van der Waals surface area contributed by atoms with Crippen LogP contribution in [0.5, 0.6) is 0 Å². The van der Waals surface area contributed by atoms with Gasteiger partial charge in [-0.1, -0.05) is 44.0 Å². The van der Waals surface area contributed by atoms with Gasteiger partial charge in [-0.05, 0) is 12.3 Å². The predicted molar refractivity (Wildman–Crippen MR) is 64.6 cm³/mol. The monoisotopic (exact) mass is 247 g/mol. The van der Waals surface area contributed by atoms with Crippen molar-refractivity contribution in [1.29, 1.82) is 0 Å². The third kappa shape index (κ3) is 3.50. The smallest absolute Gasteiger partial charge is 0.174 e. The van der Waals surface area contributed by atoms with E-state index in [1.807, 2.05) is 0 Å². The first-order valence-electron chi connectivity index (χ1n) is 4.76. The van der Waals surface area contributed by atoms with Crippen LogP contribution in [0.2, 0.25) is 10.3 Å². The molecular formula is C10H15Cl2N3. The van der Waals surface area contributed by atoms with Crippen LogP contribution in [0.15, 0.2) is 6.07 Å². The van der Waals surface area contributed by atoms with E-state index in [-0.39, 0.29) is 11.5 Å². The number of hydrogen-bond donors (Lipinski definition) is 1. The second-order valence-corrected chi connectivity index (χ2v) is 5.35. The van der Waals surface area contributed by atoms with E-state index in [4.69, 9.17) is 23.2 Å². The highest BCUT2D eigenvalue weighted by Crippen LogP contribution is 2.27.